The highest BCUT2D eigenvalue weighted by atomic mass is 16.5. The quantitative estimate of drug-likeness (QED) is 0.449. The maximum Gasteiger partial charge on any atom is 0.338 e. The SMILES string of the molecule is CCCCOCCCCCCOC(=O)c1ccccc1. The van der Waals surface area contributed by atoms with Crippen molar-refractivity contribution in [1.82, 2.24) is 0 Å². The van der Waals surface area contributed by atoms with Gasteiger partial charge in [0.25, 0.3) is 0 Å². The van der Waals surface area contributed by atoms with Crippen LogP contribution in [0.25, 0.3) is 0 Å². The molecule has 0 saturated heterocycles. The van der Waals surface area contributed by atoms with E-state index in [0.29, 0.717) is 12.2 Å². The second kappa shape index (κ2) is 11.5. The van der Waals surface area contributed by atoms with E-state index in [1.807, 2.05) is 18.2 Å². The lowest BCUT2D eigenvalue weighted by atomic mass is 10.2. The van der Waals surface area contributed by atoms with E-state index in [-0.39, 0.29) is 5.97 Å². The zero-order valence-electron chi connectivity index (χ0n) is 12.5. The monoisotopic (exact) mass is 278 g/mol. The number of carbonyl (C=O) groups is 1. The fourth-order valence-corrected chi connectivity index (χ4v) is 1.83. The molecule has 0 unspecified atom stereocenters. The van der Waals surface area contributed by atoms with E-state index < -0.39 is 0 Å². The van der Waals surface area contributed by atoms with Crippen LogP contribution in [0.15, 0.2) is 30.3 Å². The number of ether oxygens (including phenoxy) is 2. The number of hydrogen-bond acceptors (Lipinski definition) is 3. The van der Waals surface area contributed by atoms with E-state index in [2.05, 4.69) is 6.92 Å². The summed E-state index contributed by atoms with van der Waals surface area (Å²) in [5, 5.41) is 0. The van der Waals surface area contributed by atoms with E-state index in [0.717, 1.165) is 45.3 Å². The van der Waals surface area contributed by atoms with Crippen molar-refractivity contribution >= 4 is 5.97 Å². The molecule has 0 N–H and O–H groups in total. The van der Waals surface area contributed by atoms with Crippen LogP contribution in [0.4, 0.5) is 0 Å². The minimum Gasteiger partial charge on any atom is -0.462 e. The molecule has 0 radical (unpaired) electrons. The largest absolute Gasteiger partial charge is 0.462 e. The van der Waals surface area contributed by atoms with Crippen molar-refractivity contribution in [2.24, 2.45) is 0 Å². The van der Waals surface area contributed by atoms with Gasteiger partial charge in [0.1, 0.15) is 0 Å². The Balaban J connectivity index is 1.91. The van der Waals surface area contributed by atoms with E-state index in [9.17, 15) is 4.79 Å². The molecule has 0 aliphatic heterocycles. The van der Waals surface area contributed by atoms with Gasteiger partial charge in [-0.3, -0.25) is 0 Å². The normalized spacial score (nSPS) is 10.4. The van der Waals surface area contributed by atoms with Gasteiger partial charge in [0, 0.05) is 13.2 Å². The summed E-state index contributed by atoms with van der Waals surface area (Å²) in [6.07, 6.45) is 6.57. The summed E-state index contributed by atoms with van der Waals surface area (Å²) in [4.78, 5) is 11.6. The maximum absolute atomic E-state index is 11.6. The fourth-order valence-electron chi connectivity index (χ4n) is 1.83. The molecule has 20 heavy (non-hydrogen) atoms. The number of benzene rings is 1. The van der Waals surface area contributed by atoms with Crippen molar-refractivity contribution in [2.75, 3.05) is 19.8 Å². The average Bonchev–Trinajstić information content (AvgIpc) is 2.50. The minimum absolute atomic E-state index is 0.228. The van der Waals surface area contributed by atoms with Crippen molar-refractivity contribution in [1.29, 1.82) is 0 Å². The van der Waals surface area contributed by atoms with Gasteiger partial charge in [-0.2, -0.15) is 0 Å². The van der Waals surface area contributed by atoms with Gasteiger partial charge in [0.2, 0.25) is 0 Å². The van der Waals surface area contributed by atoms with Crippen LogP contribution in [0, 0.1) is 0 Å². The predicted molar refractivity (Wildman–Crippen MR) is 80.9 cm³/mol. The molecule has 0 heterocycles. The Hall–Kier alpha value is -1.35. The van der Waals surface area contributed by atoms with Gasteiger partial charge in [-0.15, -0.1) is 0 Å². The van der Waals surface area contributed by atoms with E-state index >= 15 is 0 Å². The molecule has 3 heteroatoms. The zero-order chi connectivity index (χ0) is 14.5. The van der Waals surface area contributed by atoms with Crippen molar-refractivity contribution in [2.45, 2.75) is 45.4 Å². The molecule has 0 atom stereocenters. The lowest BCUT2D eigenvalue weighted by Crippen LogP contribution is -2.06. The third-order valence-electron chi connectivity index (χ3n) is 3.07. The van der Waals surface area contributed by atoms with Crippen LogP contribution in [-0.2, 0) is 9.47 Å². The lowest BCUT2D eigenvalue weighted by molar-refractivity contribution is 0.0496. The molecule has 3 nitrogen and oxygen atoms in total. The third kappa shape index (κ3) is 7.95. The molecule has 0 spiro atoms. The van der Waals surface area contributed by atoms with Crippen molar-refractivity contribution in [3.05, 3.63) is 35.9 Å². The zero-order valence-corrected chi connectivity index (χ0v) is 12.5. The summed E-state index contributed by atoms with van der Waals surface area (Å²) < 4.78 is 10.7. The molecule has 0 aliphatic carbocycles. The first-order chi connectivity index (χ1) is 9.84. The standard InChI is InChI=1S/C17H26O3/c1-2-3-13-19-14-9-4-5-10-15-20-17(18)16-11-7-6-8-12-16/h6-8,11-12H,2-5,9-10,13-15H2,1H3. The van der Waals surface area contributed by atoms with Crippen LogP contribution < -0.4 is 0 Å². The van der Waals surface area contributed by atoms with Crippen LogP contribution in [0.3, 0.4) is 0 Å². The molecule has 1 aromatic rings. The number of esters is 1. The van der Waals surface area contributed by atoms with Gasteiger partial charge in [-0.05, 0) is 37.8 Å². The minimum atomic E-state index is -0.228. The second-order valence-electron chi connectivity index (χ2n) is 4.88. The lowest BCUT2D eigenvalue weighted by Gasteiger charge is -2.05. The van der Waals surface area contributed by atoms with Gasteiger partial charge in [-0.1, -0.05) is 38.0 Å². The molecular formula is C17H26O3. The molecule has 0 amide bonds. The van der Waals surface area contributed by atoms with E-state index in [1.54, 1.807) is 12.1 Å². The van der Waals surface area contributed by atoms with E-state index in [4.69, 9.17) is 9.47 Å². The van der Waals surface area contributed by atoms with Gasteiger partial charge in [-0.25, -0.2) is 4.79 Å². The van der Waals surface area contributed by atoms with Crippen LogP contribution in [0.1, 0.15) is 55.8 Å². The van der Waals surface area contributed by atoms with E-state index in [1.165, 1.54) is 6.42 Å². The first kappa shape index (κ1) is 16.7. The van der Waals surface area contributed by atoms with Gasteiger partial charge < -0.3 is 9.47 Å². The van der Waals surface area contributed by atoms with Crippen LogP contribution in [0.2, 0.25) is 0 Å². The summed E-state index contributed by atoms with van der Waals surface area (Å²) >= 11 is 0. The number of unbranched alkanes of at least 4 members (excludes halogenated alkanes) is 4. The average molecular weight is 278 g/mol. The summed E-state index contributed by atoms with van der Waals surface area (Å²) in [5.74, 6) is -0.228. The van der Waals surface area contributed by atoms with Crippen molar-refractivity contribution in [3.8, 4) is 0 Å². The van der Waals surface area contributed by atoms with Gasteiger partial charge in [0.15, 0.2) is 0 Å². The Morgan fingerprint density at radius 2 is 1.55 bits per heavy atom. The summed E-state index contributed by atoms with van der Waals surface area (Å²) in [7, 11) is 0. The molecule has 0 saturated carbocycles. The first-order valence-electron chi connectivity index (χ1n) is 7.64. The predicted octanol–water partition coefficient (Wildman–Crippen LogP) is 4.22. The fraction of sp³-hybridized carbons (Fsp3) is 0.588. The molecular weight excluding hydrogens is 252 g/mol. The Morgan fingerprint density at radius 3 is 2.25 bits per heavy atom. The molecule has 1 aromatic carbocycles. The number of rotatable bonds is 11. The number of hydrogen-bond donors (Lipinski definition) is 0. The smallest absolute Gasteiger partial charge is 0.338 e. The summed E-state index contributed by atoms with van der Waals surface area (Å²) in [6.45, 7) is 4.40. The topological polar surface area (TPSA) is 35.5 Å². The Kier molecular flexibility index (Phi) is 9.58. The van der Waals surface area contributed by atoms with Crippen LogP contribution in [0.5, 0.6) is 0 Å². The summed E-state index contributed by atoms with van der Waals surface area (Å²) in [6, 6.07) is 9.12. The Labute approximate surface area is 122 Å². The Bertz CT molecular complexity index is 349. The highest BCUT2D eigenvalue weighted by molar-refractivity contribution is 5.89. The molecule has 0 fully saturated rings. The first-order valence-corrected chi connectivity index (χ1v) is 7.64. The number of carbonyl (C=O) groups excluding carboxylic acids is 1. The highest BCUT2D eigenvalue weighted by Crippen LogP contribution is 2.04. The highest BCUT2D eigenvalue weighted by Gasteiger charge is 2.04. The Morgan fingerprint density at radius 1 is 0.900 bits per heavy atom. The molecule has 0 bridgehead atoms. The maximum atomic E-state index is 11.6. The summed E-state index contributed by atoms with van der Waals surface area (Å²) in [5.41, 5.74) is 0.622. The molecule has 0 aromatic heterocycles. The van der Waals surface area contributed by atoms with Crippen molar-refractivity contribution in [3.63, 3.8) is 0 Å². The van der Waals surface area contributed by atoms with Crippen LogP contribution in [-0.4, -0.2) is 25.8 Å². The molecule has 0 aliphatic rings. The van der Waals surface area contributed by atoms with Crippen molar-refractivity contribution < 1.29 is 14.3 Å². The molecule has 1 rings (SSSR count). The van der Waals surface area contributed by atoms with Crippen LogP contribution >= 0.6 is 0 Å². The van der Waals surface area contributed by atoms with Gasteiger partial charge >= 0.3 is 5.97 Å². The third-order valence-corrected chi connectivity index (χ3v) is 3.07. The molecule has 112 valence electrons. The van der Waals surface area contributed by atoms with Gasteiger partial charge in [0.05, 0.1) is 12.2 Å². The second-order valence-corrected chi connectivity index (χ2v) is 4.88.